The molecule has 0 spiro atoms. The Labute approximate surface area is 110 Å². The Kier molecular flexibility index (Phi) is 4.35. The molecule has 4 nitrogen and oxygen atoms in total. The molecule has 0 aromatic heterocycles. The van der Waals surface area contributed by atoms with E-state index in [1.807, 2.05) is 6.92 Å². The zero-order chi connectivity index (χ0) is 14.0. The lowest BCUT2D eigenvalue weighted by molar-refractivity contribution is -0.153. The van der Waals surface area contributed by atoms with Crippen molar-refractivity contribution in [3.63, 3.8) is 0 Å². The molecule has 2 saturated heterocycles. The van der Waals surface area contributed by atoms with Gasteiger partial charge in [-0.3, -0.25) is 9.69 Å². The number of halogens is 3. The highest BCUT2D eigenvalue weighted by molar-refractivity contribution is 5.79. The van der Waals surface area contributed by atoms with Crippen LogP contribution in [-0.2, 0) is 4.79 Å². The first kappa shape index (κ1) is 14.6. The summed E-state index contributed by atoms with van der Waals surface area (Å²) in [6.07, 6.45) is -4.16. The minimum Gasteiger partial charge on any atom is -0.340 e. The van der Waals surface area contributed by atoms with Crippen LogP contribution in [0.1, 0.15) is 6.92 Å². The Bertz CT molecular complexity index is 323. The predicted molar refractivity (Wildman–Crippen MR) is 64.6 cm³/mol. The van der Waals surface area contributed by atoms with E-state index in [4.69, 9.17) is 0 Å². The van der Waals surface area contributed by atoms with Gasteiger partial charge in [0.2, 0.25) is 5.91 Å². The maximum absolute atomic E-state index is 12.3. The topological polar surface area (TPSA) is 35.6 Å². The molecule has 0 saturated carbocycles. The fourth-order valence-electron chi connectivity index (χ4n) is 2.53. The van der Waals surface area contributed by atoms with Crippen LogP contribution in [0.5, 0.6) is 0 Å². The first-order valence-corrected chi connectivity index (χ1v) is 6.65. The van der Waals surface area contributed by atoms with E-state index in [-0.39, 0.29) is 11.8 Å². The molecule has 1 unspecified atom stereocenters. The average Bonchev–Trinajstić information content (AvgIpc) is 2.24. The number of piperazine rings is 1. The van der Waals surface area contributed by atoms with E-state index in [0.29, 0.717) is 32.1 Å². The molecule has 1 atom stereocenters. The quantitative estimate of drug-likeness (QED) is 0.819. The molecule has 7 heteroatoms. The SMILES string of the molecule is CC(C(=O)N1CCN(CC(F)(F)F)CC1)C1CNC1. The Morgan fingerprint density at radius 1 is 1.26 bits per heavy atom. The van der Waals surface area contributed by atoms with Gasteiger partial charge in [0.05, 0.1) is 6.54 Å². The number of carbonyl (C=O) groups is 1. The third kappa shape index (κ3) is 3.82. The lowest BCUT2D eigenvalue weighted by atomic mass is 9.88. The van der Waals surface area contributed by atoms with Crippen LogP contribution in [0.4, 0.5) is 13.2 Å². The fraction of sp³-hybridized carbons (Fsp3) is 0.917. The number of carbonyl (C=O) groups excluding carboxylic acids is 1. The second kappa shape index (κ2) is 5.66. The van der Waals surface area contributed by atoms with E-state index in [1.165, 1.54) is 4.90 Å². The summed E-state index contributed by atoms with van der Waals surface area (Å²) in [4.78, 5) is 15.2. The predicted octanol–water partition coefficient (Wildman–Crippen LogP) is 0.548. The van der Waals surface area contributed by atoms with Crippen molar-refractivity contribution in [3.05, 3.63) is 0 Å². The molecule has 0 aliphatic carbocycles. The summed E-state index contributed by atoms with van der Waals surface area (Å²) in [5.41, 5.74) is 0. The van der Waals surface area contributed by atoms with E-state index in [0.717, 1.165) is 13.1 Å². The van der Waals surface area contributed by atoms with Gasteiger partial charge >= 0.3 is 6.18 Å². The number of amides is 1. The molecule has 0 bridgehead atoms. The highest BCUT2D eigenvalue weighted by atomic mass is 19.4. The Morgan fingerprint density at radius 3 is 2.26 bits per heavy atom. The number of hydrogen-bond donors (Lipinski definition) is 1. The Balaban J connectivity index is 1.77. The molecule has 2 heterocycles. The van der Waals surface area contributed by atoms with Crippen LogP contribution >= 0.6 is 0 Å². The fourth-order valence-corrected chi connectivity index (χ4v) is 2.53. The van der Waals surface area contributed by atoms with Crippen LogP contribution in [0.25, 0.3) is 0 Å². The maximum Gasteiger partial charge on any atom is 0.401 e. The van der Waals surface area contributed by atoms with Gasteiger partial charge in [-0.1, -0.05) is 6.92 Å². The van der Waals surface area contributed by atoms with Crippen LogP contribution in [0.15, 0.2) is 0 Å². The normalized spacial score (nSPS) is 24.1. The first-order valence-electron chi connectivity index (χ1n) is 6.65. The molecule has 2 fully saturated rings. The molecular formula is C12H20F3N3O. The molecule has 2 rings (SSSR count). The second-order valence-corrected chi connectivity index (χ2v) is 5.42. The number of nitrogens with zero attached hydrogens (tertiary/aromatic N) is 2. The number of nitrogens with one attached hydrogen (secondary N) is 1. The van der Waals surface area contributed by atoms with Crippen LogP contribution in [-0.4, -0.2) is 67.7 Å². The van der Waals surface area contributed by atoms with Gasteiger partial charge in [-0.25, -0.2) is 0 Å². The number of rotatable bonds is 3. The van der Waals surface area contributed by atoms with Crippen molar-refractivity contribution in [2.24, 2.45) is 11.8 Å². The molecule has 2 aliphatic rings. The molecule has 2 aliphatic heterocycles. The molecule has 0 radical (unpaired) electrons. The van der Waals surface area contributed by atoms with Crippen molar-refractivity contribution in [3.8, 4) is 0 Å². The Morgan fingerprint density at radius 2 is 1.84 bits per heavy atom. The molecular weight excluding hydrogens is 259 g/mol. The minimum atomic E-state index is -4.16. The van der Waals surface area contributed by atoms with Gasteiger partial charge < -0.3 is 10.2 Å². The van der Waals surface area contributed by atoms with Crippen LogP contribution < -0.4 is 5.32 Å². The highest BCUT2D eigenvalue weighted by Gasteiger charge is 2.35. The smallest absolute Gasteiger partial charge is 0.340 e. The highest BCUT2D eigenvalue weighted by Crippen LogP contribution is 2.21. The van der Waals surface area contributed by atoms with E-state index < -0.39 is 12.7 Å². The minimum absolute atomic E-state index is 0.0320. The average molecular weight is 279 g/mol. The van der Waals surface area contributed by atoms with Crippen LogP contribution in [0, 0.1) is 11.8 Å². The molecule has 1 N–H and O–H groups in total. The van der Waals surface area contributed by atoms with E-state index in [2.05, 4.69) is 5.32 Å². The summed E-state index contributed by atoms with van der Waals surface area (Å²) >= 11 is 0. The molecule has 0 aromatic rings. The van der Waals surface area contributed by atoms with Gasteiger partial charge in [0, 0.05) is 32.1 Å². The van der Waals surface area contributed by atoms with Crippen LogP contribution in [0.2, 0.25) is 0 Å². The summed E-state index contributed by atoms with van der Waals surface area (Å²) < 4.78 is 36.8. The second-order valence-electron chi connectivity index (χ2n) is 5.42. The van der Waals surface area contributed by atoms with Gasteiger partial charge in [0.15, 0.2) is 0 Å². The van der Waals surface area contributed by atoms with Crippen molar-refractivity contribution < 1.29 is 18.0 Å². The zero-order valence-electron chi connectivity index (χ0n) is 11.0. The number of hydrogen-bond acceptors (Lipinski definition) is 3. The summed E-state index contributed by atoms with van der Waals surface area (Å²) in [6.45, 7) is 4.18. The van der Waals surface area contributed by atoms with Crippen molar-refractivity contribution in [1.29, 1.82) is 0 Å². The third-order valence-corrected chi connectivity index (χ3v) is 4.00. The van der Waals surface area contributed by atoms with Gasteiger partial charge in [-0.05, 0) is 19.0 Å². The molecule has 0 aromatic carbocycles. The lowest BCUT2D eigenvalue weighted by Gasteiger charge is -2.39. The third-order valence-electron chi connectivity index (χ3n) is 4.00. The zero-order valence-corrected chi connectivity index (χ0v) is 11.0. The standard InChI is InChI=1S/C12H20F3N3O/c1-9(10-6-16-7-10)11(19)18-4-2-17(3-5-18)8-12(13,14)15/h9-10,16H,2-8H2,1H3. The molecule has 110 valence electrons. The summed E-state index contributed by atoms with van der Waals surface area (Å²) in [5.74, 6) is 0.425. The maximum atomic E-state index is 12.3. The van der Waals surface area contributed by atoms with E-state index in [1.54, 1.807) is 4.90 Å². The van der Waals surface area contributed by atoms with Gasteiger partial charge in [0.25, 0.3) is 0 Å². The van der Waals surface area contributed by atoms with Crippen molar-refractivity contribution in [1.82, 2.24) is 15.1 Å². The van der Waals surface area contributed by atoms with E-state index >= 15 is 0 Å². The largest absolute Gasteiger partial charge is 0.401 e. The summed E-state index contributed by atoms with van der Waals surface area (Å²) in [5, 5.41) is 3.13. The van der Waals surface area contributed by atoms with Crippen molar-refractivity contribution in [2.45, 2.75) is 13.1 Å². The number of alkyl halides is 3. The van der Waals surface area contributed by atoms with E-state index in [9.17, 15) is 18.0 Å². The molecule has 19 heavy (non-hydrogen) atoms. The van der Waals surface area contributed by atoms with Crippen molar-refractivity contribution in [2.75, 3.05) is 45.8 Å². The van der Waals surface area contributed by atoms with Gasteiger partial charge in [-0.15, -0.1) is 0 Å². The molecule has 1 amide bonds. The van der Waals surface area contributed by atoms with Crippen LogP contribution in [0.3, 0.4) is 0 Å². The first-order chi connectivity index (χ1) is 8.87. The summed E-state index contributed by atoms with van der Waals surface area (Å²) in [6, 6.07) is 0. The van der Waals surface area contributed by atoms with Gasteiger partial charge in [0.1, 0.15) is 0 Å². The monoisotopic (exact) mass is 279 g/mol. The van der Waals surface area contributed by atoms with Crippen molar-refractivity contribution >= 4 is 5.91 Å². The summed E-state index contributed by atoms with van der Waals surface area (Å²) in [7, 11) is 0. The Hall–Kier alpha value is -0.820. The lowest BCUT2D eigenvalue weighted by Crippen LogP contribution is -2.55. The van der Waals surface area contributed by atoms with Gasteiger partial charge in [-0.2, -0.15) is 13.2 Å².